The van der Waals surface area contributed by atoms with Crippen LogP contribution in [-0.2, 0) is 4.79 Å². The SMILES string of the molecule is Cc1ncccc1C(=O)Nc1nc2cccc(C)c2n1C1CCCCN(C(=O)/C=C/CN(C)C)C1. The van der Waals surface area contributed by atoms with Gasteiger partial charge in [-0.25, -0.2) is 4.98 Å². The molecule has 0 aliphatic carbocycles. The highest BCUT2D eigenvalue weighted by Crippen LogP contribution is 2.32. The van der Waals surface area contributed by atoms with E-state index in [-0.39, 0.29) is 17.9 Å². The fraction of sp³-hybridized carbons (Fsp3) is 0.407. The van der Waals surface area contributed by atoms with Crippen LogP contribution >= 0.6 is 0 Å². The van der Waals surface area contributed by atoms with Gasteiger partial charge in [0.05, 0.1) is 22.6 Å². The quantitative estimate of drug-likeness (QED) is 0.547. The molecule has 184 valence electrons. The maximum atomic E-state index is 13.2. The van der Waals surface area contributed by atoms with Gasteiger partial charge in [-0.05, 0) is 71.0 Å². The van der Waals surface area contributed by atoms with E-state index in [1.165, 1.54) is 0 Å². The van der Waals surface area contributed by atoms with Gasteiger partial charge in [0.25, 0.3) is 5.91 Å². The van der Waals surface area contributed by atoms with Crippen LogP contribution in [0.1, 0.15) is 46.9 Å². The molecule has 0 saturated carbocycles. The first kappa shape index (κ1) is 24.6. The van der Waals surface area contributed by atoms with Gasteiger partial charge in [0, 0.05) is 37.6 Å². The fourth-order valence-electron chi connectivity index (χ4n) is 4.66. The summed E-state index contributed by atoms with van der Waals surface area (Å²) in [4.78, 5) is 39.1. The molecule has 35 heavy (non-hydrogen) atoms. The molecular weight excluding hydrogens is 440 g/mol. The summed E-state index contributed by atoms with van der Waals surface area (Å²) in [6.45, 7) is 5.89. The topological polar surface area (TPSA) is 83.4 Å². The van der Waals surface area contributed by atoms with Crippen LogP contribution < -0.4 is 5.32 Å². The number of fused-ring (bicyclic) bond motifs is 1. The molecule has 1 aliphatic heterocycles. The van der Waals surface area contributed by atoms with Crippen LogP contribution in [0.5, 0.6) is 0 Å². The minimum atomic E-state index is -0.238. The number of likely N-dealkylation sites (N-methyl/N-ethyl adjacent to an activating group) is 1. The molecule has 1 N–H and O–H groups in total. The van der Waals surface area contributed by atoms with Crippen molar-refractivity contribution in [3.63, 3.8) is 0 Å². The van der Waals surface area contributed by atoms with E-state index >= 15 is 0 Å². The first-order valence-electron chi connectivity index (χ1n) is 12.2. The second kappa shape index (κ2) is 10.8. The molecule has 0 bridgehead atoms. The van der Waals surface area contributed by atoms with Crippen molar-refractivity contribution in [3.8, 4) is 0 Å². The number of imidazole rings is 1. The zero-order chi connectivity index (χ0) is 24.9. The third kappa shape index (κ3) is 5.59. The Balaban J connectivity index is 1.68. The summed E-state index contributed by atoms with van der Waals surface area (Å²) in [5.41, 5.74) is 4.09. The summed E-state index contributed by atoms with van der Waals surface area (Å²) >= 11 is 0. The number of likely N-dealkylation sites (tertiary alicyclic amines) is 1. The van der Waals surface area contributed by atoms with E-state index in [9.17, 15) is 9.59 Å². The first-order chi connectivity index (χ1) is 16.8. The maximum absolute atomic E-state index is 13.2. The lowest BCUT2D eigenvalue weighted by atomic mass is 10.1. The van der Waals surface area contributed by atoms with E-state index in [0.29, 0.717) is 23.8 Å². The van der Waals surface area contributed by atoms with E-state index < -0.39 is 0 Å². The van der Waals surface area contributed by atoms with Crippen LogP contribution in [0.25, 0.3) is 11.0 Å². The second-order valence-electron chi connectivity index (χ2n) is 9.44. The smallest absolute Gasteiger partial charge is 0.259 e. The van der Waals surface area contributed by atoms with E-state index in [0.717, 1.165) is 48.9 Å². The van der Waals surface area contributed by atoms with Crippen LogP contribution in [0.4, 0.5) is 5.95 Å². The minimum absolute atomic E-state index is 0.0000871. The van der Waals surface area contributed by atoms with Gasteiger partial charge in [0.1, 0.15) is 0 Å². The van der Waals surface area contributed by atoms with Gasteiger partial charge in [-0.3, -0.25) is 19.9 Å². The zero-order valence-corrected chi connectivity index (χ0v) is 21.0. The highest BCUT2D eigenvalue weighted by atomic mass is 16.2. The van der Waals surface area contributed by atoms with E-state index in [4.69, 9.17) is 4.98 Å². The normalized spacial score (nSPS) is 16.7. The van der Waals surface area contributed by atoms with Crippen LogP contribution in [0.3, 0.4) is 0 Å². The molecule has 1 unspecified atom stereocenters. The predicted octanol–water partition coefficient (Wildman–Crippen LogP) is 3.97. The highest BCUT2D eigenvalue weighted by Gasteiger charge is 2.27. The first-order valence-corrected chi connectivity index (χ1v) is 12.2. The van der Waals surface area contributed by atoms with Gasteiger partial charge in [0.2, 0.25) is 11.9 Å². The molecule has 2 amide bonds. The van der Waals surface area contributed by atoms with Crippen molar-refractivity contribution in [2.75, 3.05) is 39.0 Å². The molecule has 1 aromatic carbocycles. The van der Waals surface area contributed by atoms with E-state index in [1.807, 2.05) is 49.0 Å². The molecule has 1 fully saturated rings. The number of nitrogens with zero attached hydrogens (tertiary/aromatic N) is 5. The molecule has 1 saturated heterocycles. The number of para-hydroxylation sites is 1. The van der Waals surface area contributed by atoms with Crippen LogP contribution in [0, 0.1) is 13.8 Å². The number of hydrogen-bond acceptors (Lipinski definition) is 5. The third-order valence-corrected chi connectivity index (χ3v) is 6.44. The largest absolute Gasteiger partial charge is 0.337 e. The number of benzene rings is 1. The van der Waals surface area contributed by atoms with Crippen molar-refractivity contribution in [1.29, 1.82) is 0 Å². The highest BCUT2D eigenvalue weighted by molar-refractivity contribution is 6.05. The Morgan fingerprint density at radius 2 is 2.00 bits per heavy atom. The number of amides is 2. The van der Waals surface area contributed by atoms with E-state index in [1.54, 1.807) is 24.4 Å². The van der Waals surface area contributed by atoms with Crippen molar-refractivity contribution < 1.29 is 9.59 Å². The Kier molecular flexibility index (Phi) is 7.60. The molecule has 1 atom stereocenters. The van der Waals surface area contributed by atoms with Crippen molar-refractivity contribution in [2.24, 2.45) is 0 Å². The van der Waals surface area contributed by atoms with Gasteiger partial charge in [0.15, 0.2) is 0 Å². The number of rotatable bonds is 6. The summed E-state index contributed by atoms with van der Waals surface area (Å²) in [5, 5.41) is 3.04. The lowest BCUT2D eigenvalue weighted by Crippen LogP contribution is -2.35. The monoisotopic (exact) mass is 474 g/mol. The van der Waals surface area contributed by atoms with Crippen molar-refractivity contribution in [2.45, 2.75) is 39.2 Å². The maximum Gasteiger partial charge on any atom is 0.259 e. The van der Waals surface area contributed by atoms with Gasteiger partial charge >= 0.3 is 0 Å². The third-order valence-electron chi connectivity index (χ3n) is 6.44. The number of carbonyl (C=O) groups is 2. The summed E-state index contributed by atoms with van der Waals surface area (Å²) < 4.78 is 2.13. The summed E-state index contributed by atoms with van der Waals surface area (Å²) in [5.74, 6) is 0.291. The van der Waals surface area contributed by atoms with E-state index in [2.05, 4.69) is 27.9 Å². The van der Waals surface area contributed by atoms with Gasteiger partial charge in [-0.1, -0.05) is 18.2 Å². The molecule has 8 nitrogen and oxygen atoms in total. The minimum Gasteiger partial charge on any atom is -0.337 e. The Morgan fingerprint density at radius 1 is 1.17 bits per heavy atom. The number of nitrogens with one attached hydrogen (secondary N) is 1. The number of carbonyl (C=O) groups excluding carboxylic acids is 2. The van der Waals surface area contributed by atoms with Crippen molar-refractivity contribution in [1.82, 2.24) is 24.3 Å². The summed E-state index contributed by atoms with van der Waals surface area (Å²) in [6.07, 6.45) is 8.10. The van der Waals surface area contributed by atoms with Gasteiger partial charge in [-0.15, -0.1) is 0 Å². The number of pyridine rings is 1. The van der Waals surface area contributed by atoms with Gasteiger partial charge in [-0.2, -0.15) is 0 Å². The Hall–Kier alpha value is -3.52. The second-order valence-corrected chi connectivity index (χ2v) is 9.44. The predicted molar refractivity (Wildman–Crippen MR) is 139 cm³/mol. The molecule has 0 radical (unpaired) electrons. The lowest BCUT2D eigenvalue weighted by molar-refractivity contribution is -0.126. The molecule has 2 aromatic heterocycles. The average Bonchev–Trinajstić information content (AvgIpc) is 3.01. The van der Waals surface area contributed by atoms with Crippen molar-refractivity contribution >= 4 is 28.8 Å². The van der Waals surface area contributed by atoms with Crippen LogP contribution in [0.2, 0.25) is 0 Å². The van der Waals surface area contributed by atoms with Crippen molar-refractivity contribution in [3.05, 3.63) is 65.5 Å². The Bertz CT molecular complexity index is 1250. The lowest BCUT2D eigenvalue weighted by Gasteiger charge is -2.26. The van der Waals surface area contributed by atoms with Gasteiger partial charge < -0.3 is 14.4 Å². The summed E-state index contributed by atoms with van der Waals surface area (Å²) in [7, 11) is 3.96. The number of aryl methyl sites for hydroxylation is 2. The molecule has 4 rings (SSSR count). The summed E-state index contributed by atoms with van der Waals surface area (Å²) in [6, 6.07) is 9.52. The number of hydrogen-bond donors (Lipinski definition) is 1. The molecule has 3 heterocycles. The standard InChI is InChI=1S/C27H34N6O2/c1-19-10-7-13-23-25(19)33(27(29-23)30-26(35)22-12-8-15-28-20(22)2)21-11-5-6-17-32(18-21)24(34)14-9-16-31(3)4/h7-10,12-15,21H,5-6,11,16-18H2,1-4H3,(H,29,30,35)/b14-9+. The fourth-order valence-corrected chi connectivity index (χ4v) is 4.66. The number of anilines is 1. The molecular formula is C27H34N6O2. The zero-order valence-electron chi connectivity index (χ0n) is 21.0. The van der Waals surface area contributed by atoms with Crippen LogP contribution in [-0.4, -0.2) is 69.9 Å². The Labute approximate surface area is 206 Å². The molecule has 0 spiro atoms. The molecule has 3 aromatic rings. The van der Waals surface area contributed by atoms with Crippen LogP contribution in [0.15, 0.2) is 48.7 Å². The number of aromatic nitrogens is 3. The Morgan fingerprint density at radius 3 is 2.77 bits per heavy atom. The molecule has 1 aliphatic rings. The molecule has 8 heteroatoms. The average molecular weight is 475 g/mol.